The van der Waals surface area contributed by atoms with E-state index in [0.29, 0.717) is 17.1 Å². The summed E-state index contributed by atoms with van der Waals surface area (Å²) in [6.07, 6.45) is 0. The minimum atomic E-state index is -0.490. The molecule has 1 heterocycles. The Morgan fingerprint density at radius 2 is 1.52 bits per heavy atom. The van der Waals surface area contributed by atoms with Gasteiger partial charge in [0.15, 0.2) is 0 Å². The maximum atomic E-state index is 11.1. The Morgan fingerprint density at radius 3 is 1.96 bits per heavy atom. The van der Waals surface area contributed by atoms with Gasteiger partial charge in [0.1, 0.15) is 11.5 Å². The second-order valence-corrected chi connectivity index (χ2v) is 6.80. The first-order valence-electron chi connectivity index (χ1n) is 7.64. The molecule has 1 aromatic carbocycles. The summed E-state index contributed by atoms with van der Waals surface area (Å²) < 4.78 is 17.6. The molecular weight excluding hydrogens is 293 g/mol. The molecule has 0 spiro atoms. The van der Waals surface area contributed by atoms with Crippen LogP contribution in [0.5, 0.6) is 5.75 Å². The molecule has 2 N–H and O–H groups in total. The number of carbonyl (C=O) groups is 1. The molecule has 0 unspecified atom stereocenters. The van der Waals surface area contributed by atoms with Gasteiger partial charge in [-0.2, -0.15) is 0 Å². The van der Waals surface area contributed by atoms with Crippen LogP contribution in [-0.2, 0) is 14.1 Å². The number of allylic oxidation sites excluding steroid dienone is 1. The van der Waals surface area contributed by atoms with Gasteiger partial charge in [0.25, 0.3) is 0 Å². The van der Waals surface area contributed by atoms with Gasteiger partial charge in [-0.3, -0.25) is 4.79 Å². The van der Waals surface area contributed by atoms with Crippen molar-refractivity contribution in [3.05, 3.63) is 35.6 Å². The van der Waals surface area contributed by atoms with Crippen molar-refractivity contribution in [1.82, 2.24) is 0 Å². The fourth-order valence-electron chi connectivity index (χ4n) is 2.10. The Labute approximate surface area is 137 Å². The van der Waals surface area contributed by atoms with Crippen LogP contribution in [0.3, 0.4) is 0 Å². The summed E-state index contributed by atoms with van der Waals surface area (Å²) >= 11 is 0. The molecule has 5 nitrogen and oxygen atoms in total. The van der Waals surface area contributed by atoms with Crippen LogP contribution < -0.4 is 15.9 Å². The zero-order valence-electron chi connectivity index (χ0n) is 14.6. The van der Waals surface area contributed by atoms with Gasteiger partial charge in [-0.15, -0.1) is 0 Å². The maximum Gasteiger partial charge on any atom is 0.494 e. The van der Waals surface area contributed by atoms with E-state index in [0.717, 1.165) is 5.46 Å². The van der Waals surface area contributed by atoms with Crippen molar-refractivity contribution < 1.29 is 18.8 Å². The zero-order valence-corrected chi connectivity index (χ0v) is 14.6. The Morgan fingerprint density at radius 1 is 1.04 bits per heavy atom. The minimum Gasteiger partial charge on any atom is -0.462 e. The van der Waals surface area contributed by atoms with Gasteiger partial charge in [0.2, 0.25) is 5.91 Å². The molecule has 1 fully saturated rings. The van der Waals surface area contributed by atoms with Gasteiger partial charge < -0.3 is 19.8 Å². The quantitative estimate of drug-likeness (QED) is 0.525. The van der Waals surface area contributed by atoms with E-state index < -0.39 is 13.0 Å². The molecule has 1 aliphatic rings. The number of amides is 1. The molecule has 124 valence electrons. The smallest absolute Gasteiger partial charge is 0.462 e. The lowest BCUT2D eigenvalue weighted by Crippen LogP contribution is -2.41. The highest BCUT2D eigenvalue weighted by molar-refractivity contribution is 6.62. The van der Waals surface area contributed by atoms with Crippen molar-refractivity contribution >= 4 is 18.5 Å². The number of primary amides is 1. The van der Waals surface area contributed by atoms with Gasteiger partial charge in [0.05, 0.1) is 16.8 Å². The number of hydrogen-bond donors (Lipinski definition) is 1. The Hall–Kier alpha value is -1.79. The lowest BCUT2D eigenvalue weighted by atomic mass is 9.79. The maximum absolute atomic E-state index is 11.1. The topological polar surface area (TPSA) is 70.8 Å². The number of hydrogen-bond acceptors (Lipinski definition) is 4. The van der Waals surface area contributed by atoms with Gasteiger partial charge in [-0.05, 0) is 59.1 Å². The van der Waals surface area contributed by atoms with E-state index in [4.69, 9.17) is 19.8 Å². The predicted octanol–water partition coefficient (Wildman–Crippen LogP) is 2.14. The molecule has 0 radical (unpaired) electrons. The van der Waals surface area contributed by atoms with Crippen LogP contribution in [0, 0.1) is 0 Å². The van der Waals surface area contributed by atoms with Crippen LogP contribution in [0.25, 0.3) is 0 Å². The summed E-state index contributed by atoms with van der Waals surface area (Å²) in [5.74, 6) is 0.626. The Kier molecular flexibility index (Phi) is 4.60. The van der Waals surface area contributed by atoms with E-state index in [9.17, 15) is 4.79 Å². The highest BCUT2D eigenvalue weighted by Gasteiger charge is 2.51. The highest BCUT2D eigenvalue weighted by Crippen LogP contribution is 2.36. The highest BCUT2D eigenvalue weighted by atomic mass is 16.7. The van der Waals surface area contributed by atoms with Crippen molar-refractivity contribution in [2.45, 2.75) is 52.7 Å². The van der Waals surface area contributed by atoms with Crippen LogP contribution >= 0.6 is 0 Å². The predicted molar refractivity (Wildman–Crippen MR) is 90.4 cm³/mol. The van der Waals surface area contributed by atoms with E-state index in [-0.39, 0.29) is 11.2 Å². The standard InChI is InChI=1S/C17H24BNO4/c1-11(15(19)20)12(2)21-14-9-7-13(8-10-14)18-22-16(3,4)17(5,6)23-18/h7-10H,1-6H3,(H2,19,20). The molecule has 23 heavy (non-hydrogen) atoms. The average Bonchev–Trinajstić information content (AvgIpc) is 2.67. The summed E-state index contributed by atoms with van der Waals surface area (Å²) in [6, 6.07) is 7.42. The number of benzene rings is 1. The SMILES string of the molecule is CC(Oc1ccc(B2OC(C)(C)C(C)(C)O2)cc1)=C(C)C(N)=O. The molecular formula is C17H24BNO4. The summed E-state index contributed by atoms with van der Waals surface area (Å²) in [4.78, 5) is 11.1. The molecule has 1 aliphatic heterocycles. The second-order valence-electron chi connectivity index (χ2n) is 6.80. The number of rotatable bonds is 4. The van der Waals surface area contributed by atoms with Gasteiger partial charge in [-0.1, -0.05) is 12.1 Å². The van der Waals surface area contributed by atoms with Crippen LogP contribution in [0.1, 0.15) is 41.5 Å². The Balaban J connectivity index is 2.13. The van der Waals surface area contributed by atoms with Crippen molar-refractivity contribution in [3.8, 4) is 5.75 Å². The second kappa shape index (κ2) is 6.02. The van der Waals surface area contributed by atoms with E-state index in [1.807, 2.05) is 52.0 Å². The Bertz CT molecular complexity index is 618. The molecule has 0 atom stereocenters. The van der Waals surface area contributed by atoms with Crippen molar-refractivity contribution in [2.24, 2.45) is 5.73 Å². The van der Waals surface area contributed by atoms with Crippen molar-refractivity contribution in [3.63, 3.8) is 0 Å². The number of ether oxygens (including phenoxy) is 1. The van der Waals surface area contributed by atoms with E-state index >= 15 is 0 Å². The summed E-state index contributed by atoms with van der Waals surface area (Å²) in [5, 5.41) is 0. The largest absolute Gasteiger partial charge is 0.494 e. The third-order valence-corrected chi connectivity index (χ3v) is 4.57. The van der Waals surface area contributed by atoms with Gasteiger partial charge in [-0.25, -0.2) is 0 Å². The third kappa shape index (κ3) is 3.59. The molecule has 0 aromatic heterocycles. The van der Waals surface area contributed by atoms with Crippen LogP contribution in [0.2, 0.25) is 0 Å². The van der Waals surface area contributed by atoms with E-state index in [2.05, 4.69) is 0 Å². The lowest BCUT2D eigenvalue weighted by molar-refractivity contribution is -0.114. The minimum absolute atomic E-state index is 0.370. The summed E-state index contributed by atoms with van der Waals surface area (Å²) in [7, 11) is -0.405. The van der Waals surface area contributed by atoms with Gasteiger partial charge in [0, 0.05) is 0 Å². The third-order valence-electron chi connectivity index (χ3n) is 4.57. The monoisotopic (exact) mass is 317 g/mol. The zero-order chi connectivity index (χ0) is 17.4. The molecule has 6 heteroatoms. The first-order chi connectivity index (χ1) is 10.5. The van der Waals surface area contributed by atoms with Crippen LogP contribution in [0.15, 0.2) is 35.6 Å². The molecule has 1 amide bonds. The normalized spacial score (nSPS) is 20.2. The molecule has 2 rings (SSSR count). The molecule has 1 saturated heterocycles. The molecule has 0 saturated carbocycles. The number of nitrogens with two attached hydrogens (primary N) is 1. The van der Waals surface area contributed by atoms with Crippen molar-refractivity contribution in [1.29, 1.82) is 0 Å². The first-order valence-corrected chi connectivity index (χ1v) is 7.64. The molecule has 1 aromatic rings. The van der Waals surface area contributed by atoms with Crippen molar-refractivity contribution in [2.75, 3.05) is 0 Å². The fraction of sp³-hybridized carbons (Fsp3) is 0.471. The molecule has 0 aliphatic carbocycles. The fourth-order valence-corrected chi connectivity index (χ4v) is 2.10. The average molecular weight is 317 g/mol. The summed E-state index contributed by atoms with van der Waals surface area (Å²) in [5.41, 5.74) is 5.82. The van der Waals surface area contributed by atoms with Gasteiger partial charge >= 0.3 is 7.12 Å². The van der Waals surface area contributed by atoms with Crippen LogP contribution in [-0.4, -0.2) is 24.2 Å². The number of carbonyl (C=O) groups excluding carboxylic acids is 1. The van der Waals surface area contributed by atoms with Crippen LogP contribution in [0.4, 0.5) is 0 Å². The first kappa shape index (κ1) is 17.6. The van der Waals surface area contributed by atoms with E-state index in [1.165, 1.54) is 0 Å². The summed E-state index contributed by atoms with van der Waals surface area (Å²) in [6.45, 7) is 11.4. The molecule has 0 bridgehead atoms. The van der Waals surface area contributed by atoms with E-state index in [1.54, 1.807) is 13.8 Å². The lowest BCUT2D eigenvalue weighted by Gasteiger charge is -2.32.